The van der Waals surface area contributed by atoms with Crippen LogP contribution in [-0.2, 0) is 6.42 Å². The fourth-order valence-corrected chi connectivity index (χ4v) is 3.91. The van der Waals surface area contributed by atoms with Gasteiger partial charge in [0, 0.05) is 35.8 Å². The third-order valence-corrected chi connectivity index (χ3v) is 5.36. The standard InChI is InChI=1S/C20H19N3OS/c1-13-4-3-5-16(10-13)19(24)23-9-8-15-11-14(6-7-18(15)23)17-12-25-20(21-2)22-17/h3-7,10-12H,8-9H2,1-2H3,(H,21,22). The molecule has 0 atom stereocenters. The van der Waals surface area contributed by atoms with E-state index in [0.717, 1.165) is 46.2 Å². The Labute approximate surface area is 151 Å². The number of carbonyl (C=O) groups is 1. The highest BCUT2D eigenvalue weighted by atomic mass is 32.1. The predicted molar refractivity (Wildman–Crippen MR) is 104 cm³/mol. The molecule has 5 heteroatoms. The minimum atomic E-state index is 0.0707. The molecule has 1 aromatic heterocycles. The average molecular weight is 349 g/mol. The van der Waals surface area contributed by atoms with Crippen LogP contribution in [0.4, 0.5) is 10.8 Å². The van der Waals surface area contributed by atoms with Crippen molar-refractivity contribution in [3.63, 3.8) is 0 Å². The van der Waals surface area contributed by atoms with Gasteiger partial charge in [-0.2, -0.15) is 0 Å². The first kappa shape index (κ1) is 15.8. The minimum Gasteiger partial charge on any atom is -0.365 e. The van der Waals surface area contributed by atoms with Crippen molar-refractivity contribution in [1.29, 1.82) is 0 Å². The Morgan fingerprint density at radius 2 is 2.12 bits per heavy atom. The molecule has 0 bridgehead atoms. The van der Waals surface area contributed by atoms with E-state index in [4.69, 9.17) is 0 Å². The average Bonchev–Trinajstić information content (AvgIpc) is 3.27. The summed E-state index contributed by atoms with van der Waals surface area (Å²) in [4.78, 5) is 19.3. The van der Waals surface area contributed by atoms with Crippen LogP contribution in [0.5, 0.6) is 0 Å². The number of carbonyl (C=O) groups excluding carboxylic acids is 1. The van der Waals surface area contributed by atoms with Crippen LogP contribution in [0.2, 0.25) is 0 Å². The van der Waals surface area contributed by atoms with E-state index < -0.39 is 0 Å². The van der Waals surface area contributed by atoms with E-state index in [1.165, 1.54) is 5.56 Å². The van der Waals surface area contributed by atoms with E-state index in [1.54, 1.807) is 11.3 Å². The summed E-state index contributed by atoms with van der Waals surface area (Å²) in [7, 11) is 1.88. The largest absolute Gasteiger partial charge is 0.365 e. The van der Waals surface area contributed by atoms with Gasteiger partial charge >= 0.3 is 0 Å². The summed E-state index contributed by atoms with van der Waals surface area (Å²) < 4.78 is 0. The van der Waals surface area contributed by atoms with Crippen molar-refractivity contribution >= 4 is 28.1 Å². The molecule has 2 heterocycles. The normalized spacial score (nSPS) is 13.0. The maximum Gasteiger partial charge on any atom is 0.258 e. The molecule has 3 aromatic rings. The molecule has 0 saturated heterocycles. The molecule has 2 aromatic carbocycles. The van der Waals surface area contributed by atoms with E-state index >= 15 is 0 Å². The van der Waals surface area contributed by atoms with Gasteiger partial charge in [0.1, 0.15) is 0 Å². The molecule has 0 fully saturated rings. The lowest BCUT2D eigenvalue weighted by atomic mass is 10.1. The lowest BCUT2D eigenvalue weighted by Gasteiger charge is -2.18. The van der Waals surface area contributed by atoms with Crippen LogP contribution >= 0.6 is 11.3 Å². The van der Waals surface area contributed by atoms with Crippen molar-refractivity contribution in [2.24, 2.45) is 0 Å². The zero-order chi connectivity index (χ0) is 17.4. The van der Waals surface area contributed by atoms with E-state index in [2.05, 4.69) is 27.8 Å². The number of aromatic nitrogens is 1. The SMILES string of the molecule is CNc1nc(-c2ccc3c(c2)CCN3C(=O)c2cccc(C)c2)cs1. The first-order valence-corrected chi connectivity index (χ1v) is 9.19. The number of benzene rings is 2. The highest BCUT2D eigenvalue weighted by Gasteiger charge is 2.26. The van der Waals surface area contributed by atoms with Gasteiger partial charge in [0.2, 0.25) is 0 Å². The summed E-state index contributed by atoms with van der Waals surface area (Å²) in [5.74, 6) is 0.0707. The van der Waals surface area contributed by atoms with Crippen molar-refractivity contribution in [1.82, 2.24) is 4.98 Å². The van der Waals surface area contributed by atoms with Gasteiger partial charge in [-0.05, 0) is 43.2 Å². The number of amides is 1. The number of hydrogen-bond donors (Lipinski definition) is 1. The van der Waals surface area contributed by atoms with Gasteiger partial charge in [0.05, 0.1) is 5.69 Å². The number of hydrogen-bond acceptors (Lipinski definition) is 4. The lowest BCUT2D eigenvalue weighted by molar-refractivity contribution is 0.0989. The van der Waals surface area contributed by atoms with Crippen LogP contribution in [0.1, 0.15) is 21.5 Å². The highest BCUT2D eigenvalue weighted by molar-refractivity contribution is 7.14. The summed E-state index contributed by atoms with van der Waals surface area (Å²) in [6.45, 7) is 2.73. The molecule has 0 saturated carbocycles. The van der Waals surface area contributed by atoms with E-state index in [9.17, 15) is 4.79 Å². The maximum absolute atomic E-state index is 12.9. The van der Waals surface area contributed by atoms with Crippen molar-refractivity contribution in [2.75, 3.05) is 23.8 Å². The molecule has 1 amide bonds. The molecule has 1 N–H and O–H groups in total. The van der Waals surface area contributed by atoms with Crippen molar-refractivity contribution in [2.45, 2.75) is 13.3 Å². The van der Waals surface area contributed by atoms with Gasteiger partial charge in [-0.25, -0.2) is 4.98 Å². The lowest BCUT2D eigenvalue weighted by Crippen LogP contribution is -2.28. The zero-order valence-corrected chi connectivity index (χ0v) is 15.1. The first-order valence-electron chi connectivity index (χ1n) is 8.31. The summed E-state index contributed by atoms with van der Waals surface area (Å²) in [5, 5.41) is 6.03. The predicted octanol–water partition coefficient (Wildman–Crippen LogP) is 4.36. The van der Waals surface area contributed by atoms with Gasteiger partial charge in [-0.3, -0.25) is 4.79 Å². The number of nitrogens with zero attached hydrogens (tertiary/aromatic N) is 2. The summed E-state index contributed by atoms with van der Waals surface area (Å²) in [6, 6.07) is 14.0. The second kappa shape index (κ2) is 6.33. The van der Waals surface area contributed by atoms with Crippen LogP contribution in [0.25, 0.3) is 11.3 Å². The number of rotatable bonds is 3. The van der Waals surface area contributed by atoms with Gasteiger partial charge in [0.25, 0.3) is 5.91 Å². The number of anilines is 2. The molecule has 25 heavy (non-hydrogen) atoms. The van der Waals surface area contributed by atoms with Crippen molar-refractivity contribution in [3.8, 4) is 11.3 Å². The van der Waals surface area contributed by atoms with Gasteiger partial charge in [0.15, 0.2) is 5.13 Å². The Kier molecular flexibility index (Phi) is 4.01. The van der Waals surface area contributed by atoms with Crippen molar-refractivity contribution < 1.29 is 4.79 Å². The smallest absolute Gasteiger partial charge is 0.258 e. The number of thiazole rings is 1. The Morgan fingerprint density at radius 3 is 2.88 bits per heavy atom. The highest BCUT2D eigenvalue weighted by Crippen LogP contribution is 2.34. The molecule has 1 aliphatic rings. The summed E-state index contributed by atoms with van der Waals surface area (Å²) >= 11 is 1.59. The molecule has 0 spiro atoms. The van der Waals surface area contributed by atoms with E-state index in [1.807, 2.05) is 49.2 Å². The Morgan fingerprint density at radius 1 is 1.24 bits per heavy atom. The van der Waals surface area contributed by atoms with Crippen LogP contribution in [-0.4, -0.2) is 24.5 Å². The van der Waals surface area contributed by atoms with Gasteiger partial charge < -0.3 is 10.2 Å². The minimum absolute atomic E-state index is 0.0707. The van der Waals surface area contributed by atoms with Crippen LogP contribution < -0.4 is 10.2 Å². The number of fused-ring (bicyclic) bond motifs is 1. The Balaban J connectivity index is 1.64. The van der Waals surface area contributed by atoms with Crippen LogP contribution in [0, 0.1) is 6.92 Å². The number of aryl methyl sites for hydroxylation is 1. The van der Waals surface area contributed by atoms with Crippen LogP contribution in [0.3, 0.4) is 0 Å². The molecule has 0 aliphatic carbocycles. The zero-order valence-electron chi connectivity index (χ0n) is 14.2. The summed E-state index contributed by atoms with van der Waals surface area (Å²) in [6.07, 6.45) is 0.879. The van der Waals surface area contributed by atoms with Crippen LogP contribution in [0.15, 0.2) is 47.8 Å². The second-order valence-electron chi connectivity index (χ2n) is 6.21. The van der Waals surface area contributed by atoms with Crippen molar-refractivity contribution in [3.05, 3.63) is 64.5 Å². The third-order valence-electron chi connectivity index (χ3n) is 4.50. The first-order chi connectivity index (χ1) is 12.2. The Hall–Kier alpha value is -2.66. The fourth-order valence-electron chi connectivity index (χ4n) is 3.23. The molecule has 0 unspecified atom stereocenters. The molecule has 0 radical (unpaired) electrons. The van der Waals surface area contributed by atoms with Gasteiger partial charge in [-0.1, -0.05) is 23.8 Å². The molecular formula is C20H19N3OS. The Bertz CT molecular complexity index is 948. The second-order valence-corrected chi connectivity index (χ2v) is 7.07. The number of nitrogens with one attached hydrogen (secondary N) is 1. The molecule has 4 rings (SSSR count). The molecule has 1 aliphatic heterocycles. The fraction of sp³-hybridized carbons (Fsp3) is 0.200. The quantitative estimate of drug-likeness (QED) is 0.764. The maximum atomic E-state index is 12.9. The summed E-state index contributed by atoms with van der Waals surface area (Å²) in [5.41, 5.74) is 6.14. The topological polar surface area (TPSA) is 45.2 Å². The van der Waals surface area contributed by atoms with Gasteiger partial charge in [-0.15, -0.1) is 11.3 Å². The molecule has 126 valence electrons. The molecule has 4 nitrogen and oxygen atoms in total. The third kappa shape index (κ3) is 2.91. The molecular weight excluding hydrogens is 330 g/mol. The van der Waals surface area contributed by atoms with E-state index in [0.29, 0.717) is 0 Å². The monoisotopic (exact) mass is 349 g/mol. The van der Waals surface area contributed by atoms with E-state index in [-0.39, 0.29) is 5.91 Å².